The number of carbonyl (C=O) groups is 1. The third kappa shape index (κ3) is 5.71. The Kier molecular flexibility index (Phi) is 7.31. The fourth-order valence-electron chi connectivity index (χ4n) is 3.23. The van der Waals surface area contributed by atoms with E-state index in [0.717, 1.165) is 44.1 Å². The maximum Gasteiger partial charge on any atom is 0.254 e. The van der Waals surface area contributed by atoms with Gasteiger partial charge in [-0.2, -0.15) is 0 Å². The first-order valence-corrected chi connectivity index (χ1v) is 10.0. The lowest BCUT2D eigenvalue weighted by molar-refractivity contribution is 0.0320. The van der Waals surface area contributed by atoms with E-state index in [9.17, 15) is 4.79 Å². The van der Waals surface area contributed by atoms with Gasteiger partial charge in [-0.3, -0.25) is 9.69 Å². The van der Waals surface area contributed by atoms with Crippen molar-refractivity contribution in [3.63, 3.8) is 0 Å². The number of morpholine rings is 1. The molecule has 28 heavy (non-hydrogen) atoms. The Balaban J connectivity index is 1.72. The number of anilines is 1. The van der Waals surface area contributed by atoms with Crippen molar-refractivity contribution in [2.75, 3.05) is 58.4 Å². The van der Waals surface area contributed by atoms with Crippen LogP contribution in [0.15, 0.2) is 48.5 Å². The third-order valence-corrected chi connectivity index (χ3v) is 5.25. The van der Waals surface area contributed by atoms with E-state index in [4.69, 9.17) is 16.3 Å². The van der Waals surface area contributed by atoms with Crippen LogP contribution in [-0.4, -0.2) is 69.2 Å². The Bertz CT molecular complexity index is 756. The Morgan fingerprint density at radius 1 is 1.04 bits per heavy atom. The van der Waals surface area contributed by atoms with E-state index in [0.29, 0.717) is 23.7 Å². The maximum absolute atomic E-state index is 13.1. The molecule has 0 bridgehead atoms. The first kappa shape index (κ1) is 20.6. The van der Waals surface area contributed by atoms with Crippen molar-refractivity contribution in [2.24, 2.45) is 0 Å². The molecule has 1 saturated heterocycles. The summed E-state index contributed by atoms with van der Waals surface area (Å²) in [6.45, 7) is 5.46. The Hall–Kier alpha value is -2.08. The number of halogens is 1. The first-order chi connectivity index (χ1) is 13.5. The zero-order valence-corrected chi connectivity index (χ0v) is 17.4. The van der Waals surface area contributed by atoms with Gasteiger partial charge < -0.3 is 14.5 Å². The minimum Gasteiger partial charge on any atom is -0.379 e. The highest BCUT2D eigenvalue weighted by molar-refractivity contribution is 6.30. The topological polar surface area (TPSA) is 36.0 Å². The molecule has 0 atom stereocenters. The van der Waals surface area contributed by atoms with Crippen LogP contribution in [0, 0.1) is 0 Å². The van der Waals surface area contributed by atoms with Crippen molar-refractivity contribution in [2.45, 2.75) is 6.54 Å². The van der Waals surface area contributed by atoms with E-state index in [2.05, 4.69) is 34.1 Å². The number of hydrogen-bond donors (Lipinski definition) is 0. The summed E-state index contributed by atoms with van der Waals surface area (Å²) >= 11 is 5.98. The Morgan fingerprint density at radius 2 is 1.68 bits per heavy atom. The molecule has 0 aliphatic carbocycles. The lowest BCUT2D eigenvalue weighted by atomic mass is 10.1. The van der Waals surface area contributed by atoms with Gasteiger partial charge in [-0.1, -0.05) is 23.7 Å². The summed E-state index contributed by atoms with van der Waals surface area (Å²) in [5.74, 6) is 0.0293. The van der Waals surface area contributed by atoms with Crippen molar-refractivity contribution in [3.8, 4) is 0 Å². The second-order valence-electron chi connectivity index (χ2n) is 7.25. The smallest absolute Gasteiger partial charge is 0.254 e. The summed E-state index contributed by atoms with van der Waals surface area (Å²) in [5.41, 5.74) is 2.93. The molecule has 0 spiro atoms. The lowest BCUT2D eigenvalue weighted by Crippen LogP contribution is -2.42. The van der Waals surface area contributed by atoms with Gasteiger partial charge >= 0.3 is 0 Å². The van der Waals surface area contributed by atoms with E-state index < -0.39 is 0 Å². The van der Waals surface area contributed by atoms with Crippen molar-refractivity contribution >= 4 is 23.2 Å². The van der Waals surface area contributed by atoms with Crippen LogP contribution in [0.5, 0.6) is 0 Å². The average molecular weight is 402 g/mol. The van der Waals surface area contributed by atoms with Gasteiger partial charge in [-0.15, -0.1) is 0 Å². The van der Waals surface area contributed by atoms with Gasteiger partial charge in [0.2, 0.25) is 0 Å². The van der Waals surface area contributed by atoms with Crippen molar-refractivity contribution in [1.82, 2.24) is 9.80 Å². The molecule has 3 rings (SSSR count). The molecule has 0 N–H and O–H groups in total. The number of nitrogens with zero attached hydrogens (tertiary/aromatic N) is 3. The number of benzene rings is 2. The van der Waals surface area contributed by atoms with E-state index in [-0.39, 0.29) is 5.91 Å². The summed E-state index contributed by atoms with van der Waals surface area (Å²) in [4.78, 5) is 19.5. The van der Waals surface area contributed by atoms with Gasteiger partial charge in [-0.05, 0) is 42.0 Å². The molecule has 150 valence electrons. The molecule has 2 aromatic carbocycles. The lowest BCUT2D eigenvalue weighted by Gasteiger charge is -2.30. The molecule has 0 unspecified atom stereocenters. The zero-order valence-electron chi connectivity index (χ0n) is 16.6. The monoisotopic (exact) mass is 401 g/mol. The quantitative estimate of drug-likeness (QED) is 0.712. The summed E-state index contributed by atoms with van der Waals surface area (Å²) in [6, 6.07) is 15.5. The molecule has 6 heteroatoms. The number of hydrogen-bond acceptors (Lipinski definition) is 4. The van der Waals surface area contributed by atoms with Gasteiger partial charge in [0.15, 0.2) is 0 Å². The second-order valence-corrected chi connectivity index (χ2v) is 7.68. The standard InChI is InChI=1S/C22H28ClN3O2/c1-24(2)21-9-3-18(4-10-21)17-26(12-11-25-13-15-28-16-14-25)22(27)19-5-7-20(23)8-6-19/h3-10H,11-17H2,1-2H3. The zero-order chi connectivity index (χ0) is 19.9. The molecule has 1 aliphatic rings. The molecular formula is C22H28ClN3O2. The van der Waals surface area contributed by atoms with Crippen molar-refractivity contribution in [3.05, 3.63) is 64.7 Å². The fraction of sp³-hybridized carbons (Fsp3) is 0.409. The third-order valence-electron chi connectivity index (χ3n) is 4.99. The van der Waals surface area contributed by atoms with Crippen LogP contribution in [0.2, 0.25) is 5.02 Å². The number of ether oxygens (including phenoxy) is 1. The predicted molar refractivity (Wildman–Crippen MR) is 114 cm³/mol. The van der Waals surface area contributed by atoms with Crippen LogP contribution in [0.3, 0.4) is 0 Å². The first-order valence-electron chi connectivity index (χ1n) is 9.64. The summed E-state index contributed by atoms with van der Waals surface area (Å²) < 4.78 is 5.42. The fourth-order valence-corrected chi connectivity index (χ4v) is 3.36. The van der Waals surface area contributed by atoms with E-state index >= 15 is 0 Å². The van der Waals surface area contributed by atoms with Gasteiger partial charge in [0, 0.05) is 63.1 Å². The van der Waals surface area contributed by atoms with Crippen molar-refractivity contribution in [1.29, 1.82) is 0 Å². The highest BCUT2D eigenvalue weighted by atomic mass is 35.5. The molecule has 2 aromatic rings. The number of rotatable bonds is 7. The highest BCUT2D eigenvalue weighted by Gasteiger charge is 2.18. The molecule has 0 saturated carbocycles. The molecule has 1 aliphatic heterocycles. The van der Waals surface area contributed by atoms with Crippen LogP contribution in [-0.2, 0) is 11.3 Å². The summed E-state index contributed by atoms with van der Waals surface area (Å²) in [5, 5.41) is 0.635. The van der Waals surface area contributed by atoms with Gasteiger partial charge in [-0.25, -0.2) is 0 Å². The van der Waals surface area contributed by atoms with Gasteiger partial charge in [0.05, 0.1) is 13.2 Å². The number of carbonyl (C=O) groups excluding carboxylic acids is 1. The summed E-state index contributed by atoms with van der Waals surface area (Å²) in [6.07, 6.45) is 0. The average Bonchev–Trinajstić information content (AvgIpc) is 2.72. The van der Waals surface area contributed by atoms with Crippen molar-refractivity contribution < 1.29 is 9.53 Å². The minimum atomic E-state index is 0.0293. The van der Waals surface area contributed by atoms with Crippen LogP contribution >= 0.6 is 11.6 Å². The Labute approximate surface area is 172 Å². The van der Waals surface area contributed by atoms with Crippen LogP contribution in [0.1, 0.15) is 15.9 Å². The molecule has 0 aromatic heterocycles. The normalized spacial score (nSPS) is 14.7. The SMILES string of the molecule is CN(C)c1ccc(CN(CCN2CCOCC2)C(=O)c2ccc(Cl)cc2)cc1. The van der Waals surface area contributed by atoms with Crippen LogP contribution < -0.4 is 4.90 Å². The predicted octanol–water partition coefficient (Wildman–Crippen LogP) is 3.38. The van der Waals surface area contributed by atoms with E-state index in [1.807, 2.05) is 19.0 Å². The van der Waals surface area contributed by atoms with Gasteiger partial charge in [0.25, 0.3) is 5.91 Å². The molecule has 0 radical (unpaired) electrons. The Morgan fingerprint density at radius 3 is 2.29 bits per heavy atom. The molecule has 5 nitrogen and oxygen atoms in total. The minimum absolute atomic E-state index is 0.0293. The van der Waals surface area contributed by atoms with Gasteiger partial charge in [0.1, 0.15) is 0 Å². The van der Waals surface area contributed by atoms with E-state index in [1.165, 1.54) is 0 Å². The van der Waals surface area contributed by atoms with E-state index in [1.54, 1.807) is 24.3 Å². The largest absolute Gasteiger partial charge is 0.379 e. The highest BCUT2D eigenvalue weighted by Crippen LogP contribution is 2.17. The second kappa shape index (κ2) is 9.92. The molecular weight excluding hydrogens is 374 g/mol. The molecule has 1 amide bonds. The van der Waals surface area contributed by atoms with Crippen LogP contribution in [0.25, 0.3) is 0 Å². The number of amides is 1. The van der Waals surface area contributed by atoms with Crippen LogP contribution in [0.4, 0.5) is 5.69 Å². The molecule has 1 heterocycles. The molecule has 1 fully saturated rings. The maximum atomic E-state index is 13.1. The summed E-state index contributed by atoms with van der Waals surface area (Å²) in [7, 11) is 4.04.